The van der Waals surface area contributed by atoms with Gasteiger partial charge in [-0.05, 0) is 16.8 Å². The highest BCUT2D eigenvalue weighted by Gasteiger charge is 2.10. The van der Waals surface area contributed by atoms with Crippen LogP contribution in [-0.4, -0.2) is 5.91 Å². The minimum atomic E-state index is -1.09. The molecule has 0 aromatic heterocycles. The zero-order valence-corrected chi connectivity index (χ0v) is 9.29. The molecule has 1 N–H and O–H groups in total. The molecule has 1 rings (SSSR count). The number of hydrogen-bond donors (Lipinski definition) is 1. The fourth-order valence-corrected chi connectivity index (χ4v) is 1.27. The van der Waals surface area contributed by atoms with Gasteiger partial charge in [0.25, 0.3) is 0 Å². The molecule has 0 spiro atoms. The fraction of sp³-hybridized carbons (Fsp3) is 0.300. The van der Waals surface area contributed by atoms with Crippen LogP contribution >= 0.6 is 11.6 Å². The number of nitrogens with one attached hydrogen (secondary N) is 1. The fourth-order valence-electron chi connectivity index (χ4n) is 1.14. The van der Waals surface area contributed by atoms with Crippen molar-refractivity contribution in [1.29, 1.82) is 0 Å². The Bertz CT molecular complexity index is 412. The minimum absolute atomic E-state index is 0.100. The molecule has 0 aliphatic rings. The Morgan fingerprint density at radius 2 is 2.31 bits per heavy atom. The molecule has 0 radical (unpaired) electrons. The molecule has 0 heterocycles. The van der Waals surface area contributed by atoms with Crippen LogP contribution in [0.15, 0.2) is 23.4 Å². The van der Waals surface area contributed by atoms with Crippen molar-refractivity contribution in [3.05, 3.63) is 40.1 Å². The molecule has 1 atom stereocenters. The smallest absolute Gasteiger partial charge is 0.217 e. The van der Waals surface area contributed by atoms with Gasteiger partial charge in [0, 0.05) is 19.0 Å². The van der Waals surface area contributed by atoms with Gasteiger partial charge in [-0.3, -0.25) is 4.79 Å². The third-order valence-electron chi connectivity index (χ3n) is 1.97. The first-order valence-corrected chi connectivity index (χ1v) is 4.97. The Hall–Kier alpha value is -1.49. The lowest BCUT2D eigenvalue weighted by atomic mass is 10.1. The number of amides is 1. The summed E-state index contributed by atoms with van der Waals surface area (Å²) < 4.78 is 13.4. The van der Waals surface area contributed by atoms with Gasteiger partial charge in [-0.15, -0.1) is 4.91 Å². The average molecular weight is 245 g/mol. The van der Waals surface area contributed by atoms with E-state index in [4.69, 9.17) is 11.6 Å². The van der Waals surface area contributed by atoms with Crippen molar-refractivity contribution < 1.29 is 9.18 Å². The highest BCUT2D eigenvalue weighted by Crippen LogP contribution is 2.23. The van der Waals surface area contributed by atoms with Crippen molar-refractivity contribution in [2.24, 2.45) is 5.18 Å². The van der Waals surface area contributed by atoms with Gasteiger partial charge in [-0.25, -0.2) is 4.39 Å². The molecular weight excluding hydrogens is 235 g/mol. The molecule has 1 unspecified atom stereocenters. The van der Waals surface area contributed by atoms with E-state index < -0.39 is 11.3 Å². The van der Waals surface area contributed by atoms with Crippen molar-refractivity contribution >= 4 is 17.5 Å². The van der Waals surface area contributed by atoms with Crippen LogP contribution in [0, 0.1) is 10.7 Å². The lowest BCUT2D eigenvalue weighted by molar-refractivity contribution is -0.119. The summed E-state index contributed by atoms with van der Waals surface area (Å²) in [4.78, 5) is 20.8. The van der Waals surface area contributed by atoms with Crippen molar-refractivity contribution in [1.82, 2.24) is 5.32 Å². The van der Waals surface area contributed by atoms with Crippen molar-refractivity contribution in [2.75, 3.05) is 0 Å². The van der Waals surface area contributed by atoms with Gasteiger partial charge in [0.05, 0.1) is 0 Å². The zero-order valence-electron chi connectivity index (χ0n) is 8.54. The number of rotatable bonds is 4. The van der Waals surface area contributed by atoms with Crippen LogP contribution in [0.3, 0.4) is 0 Å². The van der Waals surface area contributed by atoms with Crippen LogP contribution < -0.4 is 5.32 Å². The lowest BCUT2D eigenvalue weighted by Crippen LogP contribution is -2.19. The van der Waals surface area contributed by atoms with E-state index in [1.807, 2.05) is 0 Å². The first-order chi connectivity index (χ1) is 7.54. The predicted molar refractivity (Wildman–Crippen MR) is 58.3 cm³/mol. The third kappa shape index (κ3) is 3.27. The molecule has 1 amide bonds. The SMILES string of the molecule is CC(=O)NCc1ccc(C(Cl)N=O)cc1F. The second-order valence-electron chi connectivity index (χ2n) is 3.20. The van der Waals surface area contributed by atoms with Crippen LogP contribution in [0.25, 0.3) is 0 Å². The molecule has 0 aliphatic heterocycles. The molecule has 1 aromatic carbocycles. The van der Waals surface area contributed by atoms with Crippen molar-refractivity contribution in [3.8, 4) is 0 Å². The first-order valence-electron chi connectivity index (χ1n) is 4.54. The van der Waals surface area contributed by atoms with Gasteiger partial charge in [0.15, 0.2) is 5.50 Å². The van der Waals surface area contributed by atoms with Gasteiger partial charge < -0.3 is 5.32 Å². The Labute approximate surface area is 96.8 Å². The molecule has 0 fully saturated rings. The molecule has 16 heavy (non-hydrogen) atoms. The molecule has 0 saturated heterocycles. The quantitative estimate of drug-likeness (QED) is 0.502. The molecule has 86 valence electrons. The van der Waals surface area contributed by atoms with Crippen molar-refractivity contribution in [3.63, 3.8) is 0 Å². The Morgan fingerprint density at radius 1 is 1.62 bits per heavy atom. The van der Waals surface area contributed by atoms with E-state index in [2.05, 4.69) is 10.5 Å². The van der Waals surface area contributed by atoms with E-state index in [0.717, 1.165) is 6.07 Å². The second kappa shape index (κ2) is 5.55. The van der Waals surface area contributed by atoms with Crippen LogP contribution in [0.5, 0.6) is 0 Å². The van der Waals surface area contributed by atoms with Gasteiger partial charge in [0.1, 0.15) is 5.82 Å². The molecule has 0 aliphatic carbocycles. The van der Waals surface area contributed by atoms with Gasteiger partial charge in [-0.1, -0.05) is 23.7 Å². The standard InChI is InChI=1S/C10H10ClFN2O2/c1-6(15)13-5-8-3-2-7(4-9(8)12)10(11)14-16/h2-4,10H,5H2,1H3,(H,13,15). The van der Waals surface area contributed by atoms with E-state index in [-0.39, 0.29) is 12.5 Å². The number of halogens is 2. The monoisotopic (exact) mass is 244 g/mol. The summed E-state index contributed by atoms with van der Waals surface area (Å²) in [6.07, 6.45) is 0. The largest absolute Gasteiger partial charge is 0.352 e. The molecular formula is C10H10ClFN2O2. The molecule has 1 aromatic rings. The Kier molecular flexibility index (Phi) is 4.37. The predicted octanol–water partition coefficient (Wildman–Crippen LogP) is 2.47. The summed E-state index contributed by atoms with van der Waals surface area (Å²) in [5.41, 5.74) is -0.473. The molecule has 0 saturated carbocycles. The number of carbonyl (C=O) groups is 1. The minimum Gasteiger partial charge on any atom is -0.352 e. The summed E-state index contributed by atoms with van der Waals surface area (Å²) in [7, 11) is 0. The van der Waals surface area contributed by atoms with Crippen LogP contribution in [0.1, 0.15) is 23.6 Å². The molecule has 6 heteroatoms. The maximum absolute atomic E-state index is 13.4. The molecule has 4 nitrogen and oxygen atoms in total. The highest BCUT2D eigenvalue weighted by atomic mass is 35.5. The Balaban J connectivity index is 2.82. The maximum atomic E-state index is 13.4. The van der Waals surface area contributed by atoms with Gasteiger partial charge >= 0.3 is 0 Å². The number of carbonyl (C=O) groups excluding carboxylic acids is 1. The summed E-state index contributed by atoms with van der Waals surface area (Å²) in [5.74, 6) is -0.770. The number of benzene rings is 1. The van der Waals surface area contributed by atoms with E-state index in [0.29, 0.717) is 11.1 Å². The highest BCUT2D eigenvalue weighted by molar-refractivity contribution is 6.20. The van der Waals surface area contributed by atoms with E-state index in [1.165, 1.54) is 19.1 Å². The van der Waals surface area contributed by atoms with Gasteiger partial charge in [-0.2, -0.15) is 0 Å². The third-order valence-corrected chi connectivity index (χ3v) is 2.30. The summed E-state index contributed by atoms with van der Waals surface area (Å²) in [5, 5.41) is 5.05. The summed E-state index contributed by atoms with van der Waals surface area (Å²) >= 11 is 5.53. The van der Waals surface area contributed by atoms with E-state index >= 15 is 0 Å². The van der Waals surface area contributed by atoms with Crippen LogP contribution in [0.2, 0.25) is 0 Å². The number of nitroso groups, excluding NO2 is 1. The normalized spacial score (nSPS) is 11.9. The van der Waals surface area contributed by atoms with E-state index in [9.17, 15) is 14.1 Å². The first kappa shape index (κ1) is 12.6. The number of alkyl halides is 1. The number of hydrogen-bond acceptors (Lipinski definition) is 3. The van der Waals surface area contributed by atoms with Crippen LogP contribution in [0.4, 0.5) is 4.39 Å². The molecule has 0 bridgehead atoms. The van der Waals surface area contributed by atoms with E-state index in [1.54, 1.807) is 0 Å². The number of nitrogens with zero attached hydrogens (tertiary/aromatic N) is 1. The van der Waals surface area contributed by atoms with Crippen LogP contribution in [-0.2, 0) is 11.3 Å². The zero-order chi connectivity index (χ0) is 12.1. The average Bonchev–Trinajstić information content (AvgIpc) is 2.26. The Morgan fingerprint density at radius 3 is 2.81 bits per heavy atom. The topological polar surface area (TPSA) is 58.5 Å². The second-order valence-corrected chi connectivity index (χ2v) is 3.62. The summed E-state index contributed by atoms with van der Waals surface area (Å²) in [6, 6.07) is 4.09. The van der Waals surface area contributed by atoms with Crippen molar-refractivity contribution in [2.45, 2.75) is 19.0 Å². The maximum Gasteiger partial charge on any atom is 0.217 e. The summed E-state index contributed by atoms with van der Waals surface area (Å²) in [6.45, 7) is 1.44. The van der Waals surface area contributed by atoms with Gasteiger partial charge in [0.2, 0.25) is 5.91 Å². The lowest BCUT2D eigenvalue weighted by Gasteiger charge is -2.06.